The summed E-state index contributed by atoms with van der Waals surface area (Å²) in [6, 6.07) is 2.36. The van der Waals surface area contributed by atoms with Gasteiger partial charge in [-0.3, -0.25) is 0 Å². The maximum atomic E-state index is 8.93. The minimum Gasteiger partial charge on any atom is -0.305 e. The number of hydrogen-bond acceptors (Lipinski definition) is 3. The summed E-state index contributed by atoms with van der Waals surface area (Å²) in [6.07, 6.45) is 3.69. The Morgan fingerprint density at radius 2 is 1.88 bits per heavy atom. The predicted molar refractivity (Wildman–Crippen MR) is 67.2 cm³/mol. The molecule has 1 aliphatic heterocycles. The molecule has 0 aromatic heterocycles. The van der Waals surface area contributed by atoms with Crippen molar-refractivity contribution in [3.8, 4) is 6.07 Å². The fourth-order valence-electron chi connectivity index (χ4n) is 1.96. The lowest BCUT2D eigenvalue weighted by Gasteiger charge is -2.24. The van der Waals surface area contributed by atoms with Crippen LogP contribution in [-0.4, -0.2) is 49.6 Å². The molecule has 0 atom stereocenters. The van der Waals surface area contributed by atoms with Gasteiger partial charge in [-0.2, -0.15) is 5.26 Å². The number of hydrogen-bond donors (Lipinski definition) is 0. The summed E-state index contributed by atoms with van der Waals surface area (Å²) in [5.74, 6) is 0. The molecule has 0 unspecified atom stereocenters. The van der Waals surface area contributed by atoms with E-state index in [0.29, 0.717) is 0 Å². The Morgan fingerprint density at radius 1 is 1.25 bits per heavy atom. The van der Waals surface area contributed by atoms with E-state index in [1.54, 1.807) is 0 Å². The van der Waals surface area contributed by atoms with Crippen LogP contribution in [0.2, 0.25) is 0 Å². The molecule has 1 heterocycles. The molecule has 16 heavy (non-hydrogen) atoms. The van der Waals surface area contributed by atoms with Gasteiger partial charge in [0.2, 0.25) is 0 Å². The third-order valence-corrected chi connectivity index (χ3v) is 3.42. The van der Waals surface area contributed by atoms with Crippen LogP contribution in [0.3, 0.4) is 0 Å². The first-order valence-corrected chi connectivity index (χ1v) is 6.36. The van der Waals surface area contributed by atoms with Gasteiger partial charge in [-0.25, -0.2) is 0 Å². The second kappa shape index (κ2) is 6.22. The SMILES string of the molecule is CN(CCN1CCCC1)CCC(C)(C)C#N. The standard InChI is InChI=1S/C13H25N3/c1-13(2,12-14)6-9-15(3)10-11-16-7-4-5-8-16/h4-11H2,1-3H3. The minimum atomic E-state index is -0.179. The van der Waals surface area contributed by atoms with Crippen LogP contribution in [0, 0.1) is 16.7 Å². The van der Waals surface area contributed by atoms with E-state index in [4.69, 9.17) is 5.26 Å². The Morgan fingerprint density at radius 3 is 2.44 bits per heavy atom. The summed E-state index contributed by atoms with van der Waals surface area (Å²) in [4.78, 5) is 4.88. The van der Waals surface area contributed by atoms with Crippen molar-refractivity contribution in [2.24, 2.45) is 5.41 Å². The molecule has 0 aliphatic carbocycles. The Labute approximate surface area is 100 Å². The third-order valence-electron chi connectivity index (χ3n) is 3.42. The molecule has 3 nitrogen and oxygen atoms in total. The highest BCUT2D eigenvalue weighted by Gasteiger charge is 2.17. The Balaban J connectivity index is 2.11. The van der Waals surface area contributed by atoms with E-state index in [0.717, 1.165) is 19.5 Å². The lowest BCUT2D eigenvalue weighted by atomic mass is 9.91. The van der Waals surface area contributed by atoms with Crippen molar-refractivity contribution in [3.63, 3.8) is 0 Å². The van der Waals surface area contributed by atoms with Crippen molar-refractivity contribution in [1.82, 2.24) is 9.80 Å². The van der Waals surface area contributed by atoms with Crippen molar-refractivity contribution < 1.29 is 0 Å². The molecule has 1 rings (SSSR count). The highest BCUT2D eigenvalue weighted by atomic mass is 15.2. The fraction of sp³-hybridized carbons (Fsp3) is 0.923. The first-order chi connectivity index (χ1) is 7.53. The van der Waals surface area contributed by atoms with Crippen LogP contribution < -0.4 is 0 Å². The first kappa shape index (κ1) is 13.5. The Bertz CT molecular complexity index is 236. The molecule has 0 N–H and O–H groups in total. The number of nitrogens with zero attached hydrogens (tertiary/aromatic N) is 3. The normalized spacial score (nSPS) is 17.9. The Kier molecular flexibility index (Phi) is 5.24. The van der Waals surface area contributed by atoms with Gasteiger partial charge < -0.3 is 9.80 Å². The topological polar surface area (TPSA) is 30.3 Å². The smallest absolute Gasteiger partial charge is 0.0684 e. The molecule has 1 fully saturated rings. The average molecular weight is 223 g/mol. The van der Waals surface area contributed by atoms with E-state index < -0.39 is 0 Å². The van der Waals surface area contributed by atoms with Gasteiger partial charge >= 0.3 is 0 Å². The maximum absolute atomic E-state index is 8.93. The number of likely N-dealkylation sites (N-methyl/N-ethyl adjacent to an activating group) is 1. The average Bonchev–Trinajstić information content (AvgIpc) is 2.76. The van der Waals surface area contributed by atoms with E-state index in [2.05, 4.69) is 22.9 Å². The molecule has 0 aromatic rings. The zero-order chi connectivity index (χ0) is 12.0. The number of nitriles is 1. The highest BCUT2D eigenvalue weighted by molar-refractivity contribution is 4.91. The highest BCUT2D eigenvalue weighted by Crippen LogP contribution is 2.18. The van der Waals surface area contributed by atoms with E-state index in [1.807, 2.05) is 13.8 Å². The summed E-state index contributed by atoms with van der Waals surface area (Å²) >= 11 is 0. The molecule has 0 spiro atoms. The van der Waals surface area contributed by atoms with Gasteiger partial charge in [0, 0.05) is 13.1 Å². The van der Waals surface area contributed by atoms with Gasteiger partial charge in [0.25, 0.3) is 0 Å². The lowest BCUT2D eigenvalue weighted by molar-refractivity contribution is 0.238. The molecular weight excluding hydrogens is 198 g/mol. The zero-order valence-corrected chi connectivity index (χ0v) is 11.0. The van der Waals surface area contributed by atoms with Crippen LogP contribution in [0.25, 0.3) is 0 Å². The molecule has 0 radical (unpaired) electrons. The van der Waals surface area contributed by atoms with E-state index in [1.165, 1.54) is 32.5 Å². The van der Waals surface area contributed by atoms with Crippen molar-refractivity contribution in [2.45, 2.75) is 33.1 Å². The van der Waals surface area contributed by atoms with E-state index >= 15 is 0 Å². The molecule has 0 saturated carbocycles. The summed E-state index contributed by atoms with van der Waals surface area (Å²) in [5.41, 5.74) is -0.179. The van der Waals surface area contributed by atoms with E-state index in [-0.39, 0.29) is 5.41 Å². The fourth-order valence-corrected chi connectivity index (χ4v) is 1.96. The second-order valence-electron chi connectivity index (χ2n) is 5.60. The minimum absolute atomic E-state index is 0.179. The lowest BCUT2D eigenvalue weighted by Crippen LogP contribution is -2.33. The largest absolute Gasteiger partial charge is 0.305 e. The summed E-state index contributed by atoms with van der Waals surface area (Å²) in [5, 5.41) is 8.93. The van der Waals surface area contributed by atoms with Crippen molar-refractivity contribution >= 4 is 0 Å². The molecule has 1 aliphatic rings. The number of likely N-dealkylation sites (tertiary alicyclic amines) is 1. The molecule has 92 valence electrons. The first-order valence-electron chi connectivity index (χ1n) is 6.36. The maximum Gasteiger partial charge on any atom is 0.0684 e. The molecule has 3 heteroatoms. The quantitative estimate of drug-likeness (QED) is 0.689. The van der Waals surface area contributed by atoms with Gasteiger partial charge in [-0.15, -0.1) is 0 Å². The Hall–Kier alpha value is -0.590. The molecule has 0 aromatic carbocycles. The summed E-state index contributed by atoms with van der Waals surface area (Å²) < 4.78 is 0. The van der Waals surface area contributed by atoms with Gasteiger partial charge in [0.1, 0.15) is 0 Å². The van der Waals surface area contributed by atoms with Crippen molar-refractivity contribution in [2.75, 3.05) is 39.8 Å². The molecule has 1 saturated heterocycles. The van der Waals surface area contributed by atoms with Crippen LogP contribution in [0.4, 0.5) is 0 Å². The predicted octanol–water partition coefficient (Wildman–Crippen LogP) is 1.95. The third kappa shape index (κ3) is 4.96. The molecule has 0 amide bonds. The summed E-state index contributed by atoms with van der Waals surface area (Å²) in [7, 11) is 2.16. The van der Waals surface area contributed by atoms with Crippen LogP contribution >= 0.6 is 0 Å². The van der Waals surface area contributed by atoms with Gasteiger partial charge in [0.05, 0.1) is 11.5 Å². The summed E-state index contributed by atoms with van der Waals surface area (Å²) in [6.45, 7) is 9.91. The van der Waals surface area contributed by atoms with Gasteiger partial charge in [0.15, 0.2) is 0 Å². The second-order valence-corrected chi connectivity index (χ2v) is 5.60. The van der Waals surface area contributed by atoms with Gasteiger partial charge in [-0.05, 0) is 59.8 Å². The van der Waals surface area contributed by atoms with Crippen molar-refractivity contribution in [1.29, 1.82) is 5.26 Å². The van der Waals surface area contributed by atoms with E-state index in [9.17, 15) is 0 Å². The van der Waals surface area contributed by atoms with Crippen LogP contribution in [0.15, 0.2) is 0 Å². The molecular formula is C13H25N3. The van der Waals surface area contributed by atoms with Crippen LogP contribution in [-0.2, 0) is 0 Å². The van der Waals surface area contributed by atoms with Gasteiger partial charge in [-0.1, -0.05) is 0 Å². The molecule has 0 bridgehead atoms. The zero-order valence-electron chi connectivity index (χ0n) is 11.0. The monoisotopic (exact) mass is 223 g/mol. The van der Waals surface area contributed by atoms with Crippen molar-refractivity contribution in [3.05, 3.63) is 0 Å². The number of rotatable bonds is 6. The van der Waals surface area contributed by atoms with Crippen LogP contribution in [0.1, 0.15) is 33.1 Å². The van der Waals surface area contributed by atoms with Crippen LogP contribution in [0.5, 0.6) is 0 Å².